The molecule has 0 saturated carbocycles. The van der Waals surface area contributed by atoms with Gasteiger partial charge in [0.15, 0.2) is 0 Å². The van der Waals surface area contributed by atoms with Gasteiger partial charge in [-0.1, -0.05) is 30.3 Å². The molecule has 0 bridgehead atoms. The van der Waals surface area contributed by atoms with E-state index in [4.69, 9.17) is 0 Å². The number of carbonyl (C=O) groups excluding carboxylic acids is 1. The number of benzene rings is 2. The average molecular weight is 349 g/mol. The maximum atomic E-state index is 12.9. The molecular formula is C21H23N3O2. The third-order valence-corrected chi connectivity index (χ3v) is 4.61. The lowest BCUT2D eigenvalue weighted by molar-refractivity contribution is -0.119. The van der Waals surface area contributed by atoms with E-state index < -0.39 is 0 Å². The van der Waals surface area contributed by atoms with E-state index >= 15 is 0 Å². The maximum Gasteiger partial charge on any atom is 0.275 e. The van der Waals surface area contributed by atoms with Crippen molar-refractivity contribution in [3.63, 3.8) is 0 Å². The fourth-order valence-electron chi connectivity index (χ4n) is 3.22. The lowest BCUT2D eigenvalue weighted by Gasteiger charge is -2.23. The van der Waals surface area contributed by atoms with Crippen LogP contribution in [0.15, 0.2) is 47.3 Å². The molecule has 0 saturated heterocycles. The summed E-state index contributed by atoms with van der Waals surface area (Å²) in [7, 11) is 0. The molecule has 0 aliphatic rings. The number of rotatable bonds is 4. The minimum absolute atomic E-state index is 0.0776. The van der Waals surface area contributed by atoms with E-state index in [-0.39, 0.29) is 18.0 Å². The fourth-order valence-corrected chi connectivity index (χ4v) is 3.22. The van der Waals surface area contributed by atoms with Crippen LogP contribution in [0.5, 0.6) is 0 Å². The SMILES string of the molecule is CCN(C(=O)Cn1nc(C)c2ccccc2c1=O)c1cc(C)ccc1C. The van der Waals surface area contributed by atoms with Gasteiger partial charge in [0.25, 0.3) is 5.56 Å². The second-order valence-corrected chi connectivity index (χ2v) is 6.52. The summed E-state index contributed by atoms with van der Waals surface area (Å²) in [6.45, 7) is 8.22. The van der Waals surface area contributed by atoms with E-state index in [2.05, 4.69) is 5.10 Å². The second-order valence-electron chi connectivity index (χ2n) is 6.52. The number of aryl methyl sites for hydroxylation is 3. The van der Waals surface area contributed by atoms with Crippen LogP contribution >= 0.6 is 0 Å². The van der Waals surface area contributed by atoms with Gasteiger partial charge in [-0.3, -0.25) is 9.59 Å². The fraction of sp³-hybridized carbons (Fsp3) is 0.286. The van der Waals surface area contributed by atoms with Crippen LogP contribution in [0.1, 0.15) is 23.7 Å². The first-order valence-corrected chi connectivity index (χ1v) is 8.76. The van der Waals surface area contributed by atoms with Crippen LogP contribution < -0.4 is 10.5 Å². The number of hydrogen-bond acceptors (Lipinski definition) is 3. The quantitative estimate of drug-likeness (QED) is 0.726. The molecule has 5 heteroatoms. The smallest absolute Gasteiger partial charge is 0.275 e. The molecule has 26 heavy (non-hydrogen) atoms. The Hall–Kier alpha value is -2.95. The molecule has 3 aromatic rings. The van der Waals surface area contributed by atoms with Crippen LogP contribution in [-0.2, 0) is 11.3 Å². The van der Waals surface area contributed by atoms with Gasteiger partial charge >= 0.3 is 0 Å². The van der Waals surface area contributed by atoms with Crippen molar-refractivity contribution in [1.82, 2.24) is 9.78 Å². The van der Waals surface area contributed by atoms with Gasteiger partial charge in [-0.2, -0.15) is 5.10 Å². The van der Waals surface area contributed by atoms with Gasteiger partial charge in [-0.25, -0.2) is 4.68 Å². The predicted molar refractivity (Wildman–Crippen MR) is 105 cm³/mol. The molecule has 0 unspecified atom stereocenters. The minimum Gasteiger partial charge on any atom is -0.311 e. The minimum atomic E-state index is -0.239. The van der Waals surface area contributed by atoms with E-state index in [0.29, 0.717) is 11.9 Å². The molecule has 0 N–H and O–H groups in total. The van der Waals surface area contributed by atoms with Crippen molar-refractivity contribution in [2.45, 2.75) is 34.2 Å². The number of aromatic nitrogens is 2. The summed E-state index contributed by atoms with van der Waals surface area (Å²) in [5.41, 5.74) is 3.50. The van der Waals surface area contributed by atoms with Crippen LogP contribution in [0.25, 0.3) is 10.8 Å². The molecule has 134 valence electrons. The van der Waals surface area contributed by atoms with Crippen molar-refractivity contribution in [1.29, 1.82) is 0 Å². The highest BCUT2D eigenvalue weighted by Crippen LogP contribution is 2.22. The number of hydrogen-bond donors (Lipinski definition) is 0. The van der Waals surface area contributed by atoms with Crippen molar-refractivity contribution in [2.75, 3.05) is 11.4 Å². The number of fused-ring (bicyclic) bond motifs is 1. The highest BCUT2D eigenvalue weighted by Gasteiger charge is 2.18. The van der Waals surface area contributed by atoms with Crippen LogP contribution in [0.2, 0.25) is 0 Å². The first-order chi connectivity index (χ1) is 12.4. The van der Waals surface area contributed by atoms with E-state index in [1.54, 1.807) is 11.0 Å². The number of amides is 1. The van der Waals surface area contributed by atoms with Crippen molar-refractivity contribution in [3.05, 3.63) is 69.6 Å². The Kier molecular flexibility index (Phi) is 4.89. The zero-order valence-corrected chi connectivity index (χ0v) is 15.6. The van der Waals surface area contributed by atoms with E-state index in [9.17, 15) is 9.59 Å². The summed E-state index contributed by atoms with van der Waals surface area (Å²) in [6.07, 6.45) is 0. The number of anilines is 1. The summed E-state index contributed by atoms with van der Waals surface area (Å²) in [5, 5.41) is 5.76. The molecule has 1 heterocycles. The molecule has 3 rings (SSSR count). The Labute approximate surface area is 152 Å². The van der Waals surface area contributed by atoms with Gasteiger partial charge in [0, 0.05) is 17.6 Å². The molecule has 0 aliphatic carbocycles. The van der Waals surface area contributed by atoms with Crippen LogP contribution in [0.3, 0.4) is 0 Å². The van der Waals surface area contributed by atoms with Crippen molar-refractivity contribution in [2.24, 2.45) is 0 Å². The summed E-state index contributed by atoms with van der Waals surface area (Å²) >= 11 is 0. The molecule has 5 nitrogen and oxygen atoms in total. The zero-order valence-electron chi connectivity index (χ0n) is 15.6. The molecule has 0 radical (unpaired) electrons. The molecular weight excluding hydrogens is 326 g/mol. The third-order valence-electron chi connectivity index (χ3n) is 4.61. The third kappa shape index (κ3) is 3.25. The Balaban J connectivity index is 1.99. The van der Waals surface area contributed by atoms with Gasteiger partial charge in [0.2, 0.25) is 5.91 Å². The summed E-state index contributed by atoms with van der Waals surface area (Å²) in [6, 6.07) is 13.4. The van der Waals surface area contributed by atoms with Gasteiger partial charge < -0.3 is 4.90 Å². The highest BCUT2D eigenvalue weighted by atomic mass is 16.2. The molecule has 0 spiro atoms. The highest BCUT2D eigenvalue weighted by molar-refractivity contribution is 5.94. The molecule has 0 aliphatic heterocycles. The van der Waals surface area contributed by atoms with Crippen molar-refractivity contribution < 1.29 is 4.79 Å². The Morgan fingerprint density at radius 1 is 1.08 bits per heavy atom. The Morgan fingerprint density at radius 3 is 2.46 bits per heavy atom. The monoisotopic (exact) mass is 349 g/mol. The summed E-state index contributed by atoms with van der Waals surface area (Å²) in [4.78, 5) is 27.4. The first kappa shape index (κ1) is 17.9. The number of carbonyl (C=O) groups is 1. The molecule has 0 fully saturated rings. The molecule has 2 aromatic carbocycles. The van der Waals surface area contributed by atoms with Gasteiger partial charge in [0.1, 0.15) is 6.54 Å². The maximum absolute atomic E-state index is 12.9. The Morgan fingerprint density at radius 2 is 1.77 bits per heavy atom. The second kappa shape index (κ2) is 7.12. The van der Waals surface area contributed by atoms with Crippen LogP contribution in [-0.4, -0.2) is 22.2 Å². The predicted octanol–water partition coefficient (Wildman–Crippen LogP) is 3.37. The number of likely N-dealkylation sites (N-methyl/N-ethyl adjacent to an activating group) is 1. The van der Waals surface area contributed by atoms with E-state index in [0.717, 1.165) is 27.9 Å². The van der Waals surface area contributed by atoms with E-state index in [1.807, 2.05) is 64.1 Å². The number of nitrogens with zero attached hydrogens (tertiary/aromatic N) is 3. The van der Waals surface area contributed by atoms with Gasteiger partial charge in [-0.05, 0) is 51.0 Å². The summed E-state index contributed by atoms with van der Waals surface area (Å²) < 4.78 is 1.27. The lowest BCUT2D eigenvalue weighted by Crippen LogP contribution is -2.38. The molecule has 1 aromatic heterocycles. The molecule has 1 amide bonds. The van der Waals surface area contributed by atoms with Gasteiger partial charge in [0.05, 0.1) is 11.1 Å². The standard InChI is InChI=1S/C21H23N3O2/c1-5-23(19-12-14(2)10-11-15(19)3)20(25)13-24-21(26)18-9-7-6-8-17(18)16(4)22-24/h6-12H,5,13H2,1-4H3. The first-order valence-electron chi connectivity index (χ1n) is 8.76. The zero-order chi connectivity index (χ0) is 18.8. The average Bonchev–Trinajstić information content (AvgIpc) is 2.63. The van der Waals surface area contributed by atoms with Crippen molar-refractivity contribution in [3.8, 4) is 0 Å². The summed E-state index contributed by atoms with van der Waals surface area (Å²) in [5.74, 6) is -0.148. The topological polar surface area (TPSA) is 55.2 Å². The lowest BCUT2D eigenvalue weighted by atomic mass is 10.1. The van der Waals surface area contributed by atoms with E-state index in [1.165, 1.54) is 4.68 Å². The van der Waals surface area contributed by atoms with Gasteiger partial charge in [-0.15, -0.1) is 0 Å². The van der Waals surface area contributed by atoms with Crippen LogP contribution in [0, 0.1) is 20.8 Å². The largest absolute Gasteiger partial charge is 0.311 e. The van der Waals surface area contributed by atoms with Crippen LogP contribution in [0.4, 0.5) is 5.69 Å². The normalized spacial score (nSPS) is 10.9. The Bertz CT molecular complexity index is 1040. The molecule has 0 atom stereocenters. The van der Waals surface area contributed by atoms with Crippen molar-refractivity contribution >= 4 is 22.4 Å².